The van der Waals surface area contributed by atoms with Gasteiger partial charge >= 0.3 is 0 Å². The first-order chi connectivity index (χ1) is 4.40. The van der Waals surface area contributed by atoms with Crippen molar-refractivity contribution in [2.75, 3.05) is 0 Å². The smallest absolute Gasteiger partial charge is 0.0144 e. The summed E-state index contributed by atoms with van der Waals surface area (Å²) >= 11 is 0. The maximum Gasteiger partial charge on any atom is -0.0144 e. The molecular formula is C10H18. The maximum atomic E-state index is 3.86. The lowest BCUT2D eigenvalue weighted by atomic mass is 9.84. The second kappa shape index (κ2) is 1.87. The molecule has 1 aliphatic carbocycles. The molecule has 0 radical (unpaired) electrons. The van der Waals surface area contributed by atoms with Crippen LogP contribution < -0.4 is 0 Å². The fourth-order valence-corrected chi connectivity index (χ4v) is 1.88. The lowest BCUT2D eigenvalue weighted by molar-refractivity contribution is 0.348. The normalized spacial score (nSPS) is 29.8. The highest BCUT2D eigenvalue weighted by molar-refractivity contribution is 5.08. The summed E-state index contributed by atoms with van der Waals surface area (Å²) in [6, 6.07) is 0. The number of rotatable bonds is 2. The van der Waals surface area contributed by atoms with E-state index in [4.69, 9.17) is 0 Å². The van der Waals surface area contributed by atoms with Gasteiger partial charge in [0.25, 0.3) is 0 Å². The zero-order valence-corrected chi connectivity index (χ0v) is 7.57. The van der Waals surface area contributed by atoms with Crippen LogP contribution in [0.3, 0.4) is 0 Å². The van der Waals surface area contributed by atoms with Crippen LogP contribution in [0.2, 0.25) is 0 Å². The van der Waals surface area contributed by atoms with Crippen LogP contribution in [0.1, 0.15) is 34.1 Å². The fourth-order valence-electron chi connectivity index (χ4n) is 1.88. The Hall–Kier alpha value is -0.260. The zero-order valence-electron chi connectivity index (χ0n) is 7.57. The molecule has 10 heavy (non-hydrogen) atoms. The number of hydrogen-bond acceptors (Lipinski definition) is 0. The summed E-state index contributed by atoms with van der Waals surface area (Å²) in [7, 11) is 0. The first-order valence-corrected chi connectivity index (χ1v) is 4.04. The number of allylic oxidation sites excluding steroid dienone is 1. The molecule has 58 valence electrons. The Morgan fingerprint density at radius 2 is 1.90 bits per heavy atom. The molecule has 0 aromatic heterocycles. The van der Waals surface area contributed by atoms with Gasteiger partial charge in [-0.2, -0.15) is 0 Å². The van der Waals surface area contributed by atoms with Crippen LogP contribution >= 0.6 is 0 Å². The van der Waals surface area contributed by atoms with Crippen LogP contribution in [0, 0.1) is 16.7 Å². The Morgan fingerprint density at radius 1 is 1.50 bits per heavy atom. The average Bonchev–Trinajstić information content (AvgIpc) is 2.41. The summed E-state index contributed by atoms with van der Waals surface area (Å²) in [5, 5.41) is 0. The Kier molecular flexibility index (Phi) is 1.47. The first-order valence-electron chi connectivity index (χ1n) is 4.04. The second-order valence-electron chi connectivity index (χ2n) is 4.77. The van der Waals surface area contributed by atoms with Crippen molar-refractivity contribution in [3.05, 3.63) is 12.7 Å². The van der Waals surface area contributed by atoms with Crippen molar-refractivity contribution in [2.24, 2.45) is 16.7 Å². The summed E-state index contributed by atoms with van der Waals surface area (Å²) in [5.74, 6) is 0.859. The van der Waals surface area contributed by atoms with Gasteiger partial charge in [0.05, 0.1) is 0 Å². The third kappa shape index (κ3) is 1.12. The van der Waals surface area contributed by atoms with Gasteiger partial charge < -0.3 is 0 Å². The van der Waals surface area contributed by atoms with E-state index in [0.29, 0.717) is 10.8 Å². The van der Waals surface area contributed by atoms with Gasteiger partial charge in [0.1, 0.15) is 0 Å². The van der Waals surface area contributed by atoms with Crippen molar-refractivity contribution in [3.63, 3.8) is 0 Å². The van der Waals surface area contributed by atoms with Crippen LogP contribution in [-0.4, -0.2) is 0 Å². The van der Waals surface area contributed by atoms with Crippen molar-refractivity contribution in [2.45, 2.75) is 34.1 Å². The predicted molar refractivity (Wildman–Crippen MR) is 45.9 cm³/mol. The van der Waals surface area contributed by atoms with Crippen LogP contribution in [0.4, 0.5) is 0 Å². The largest absolute Gasteiger partial charge is 0.103 e. The molecule has 0 bridgehead atoms. The van der Waals surface area contributed by atoms with Crippen molar-refractivity contribution < 1.29 is 0 Å². The molecule has 0 heterocycles. The molecule has 1 saturated carbocycles. The zero-order chi connectivity index (χ0) is 7.99. The third-order valence-electron chi connectivity index (χ3n) is 2.94. The molecule has 0 aliphatic heterocycles. The van der Waals surface area contributed by atoms with Crippen molar-refractivity contribution >= 4 is 0 Å². The minimum Gasteiger partial charge on any atom is -0.103 e. The molecule has 0 N–H and O–H groups in total. The molecule has 1 aliphatic rings. The van der Waals surface area contributed by atoms with Gasteiger partial charge in [0, 0.05) is 0 Å². The highest BCUT2D eigenvalue weighted by Crippen LogP contribution is 2.60. The molecule has 0 unspecified atom stereocenters. The van der Waals surface area contributed by atoms with Crippen molar-refractivity contribution in [3.8, 4) is 0 Å². The Bertz CT molecular complexity index is 151. The minimum atomic E-state index is 0.351. The van der Waals surface area contributed by atoms with E-state index in [0.717, 1.165) is 5.92 Å². The van der Waals surface area contributed by atoms with Crippen LogP contribution in [-0.2, 0) is 0 Å². The molecule has 0 aromatic carbocycles. The van der Waals surface area contributed by atoms with E-state index >= 15 is 0 Å². The molecule has 0 aromatic rings. The summed E-state index contributed by atoms with van der Waals surface area (Å²) < 4.78 is 0. The van der Waals surface area contributed by atoms with E-state index in [-0.39, 0.29) is 0 Å². The van der Waals surface area contributed by atoms with Crippen LogP contribution in [0.5, 0.6) is 0 Å². The average molecular weight is 138 g/mol. The Morgan fingerprint density at radius 3 is 2.00 bits per heavy atom. The molecule has 0 saturated heterocycles. The quantitative estimate of drug-likeness (QED) is 0.514. The standard InChI is InChI=1S/C10H18/c1-6-9(2,3)8-7-10(8,4)5/h6,8H,1,7H2,2-5H3/t8-/m0/s1. The van der Waals surface area contributed by atoms with E-state index < -0.39 is 0 Å². The summed E-state index contributed by atoms with van der Waals surface area (Å²) in [4.78, 5) is 0. The van der Waals surface area contributed by atoms with E-state index in [1.165, 1.54) is 6.42 Å². The predicted octanol–water partition coefficient (Wildman–Crippen LogP) is 3.24. The summed E-state index contributed by atoms with van der Waals surface area (Å²) in [6.45, 7) is 13.1. The topological polar surface area (TPSA) is 0 Å². The van der Waals surface area contributed by atoms with Gasteiger partial charge in [-0.15, -0.1) is 6.58 Å². The Labute approximate surface area is 64.3 Å². The van der Waals surface area contributed by atoms with Gasteiger partial charge in [-0.05, 0) is 23.2 Å². The fraction of sp³-hybridized carbons (Fsp3) is 0.800. The van der Waals surface area contributed by atoms with Gasteiger partial charge in [-0.3, -0.25) is 0 Å². The van der Waals surface area contributed by atoms with E-state index in [1.54, 1.807) is 0 Å². The van der Waals surface area contributed by atoms with Crippen LogP contribution in [0.15, 0.2) is 12.7 Å². The van der Waals surface area contributed by atoms with Gasteiger partial charge in [0.15, 0.2) is 0 Å². The highest BCUT2D eigenvalue weighted by atomic mass is 14.6. The maximum absolute atomic E-state index is 3.86. The van der Waals surface area contributed by atoms with Gasteiger partial charge in [-0.1, -0.05) is 33.8 Å². The van der Waals surface area contributed by atoms with E-state index in [9.17, 15) is 0 Å². The highest BCUT2D eigenvalue weighted by Gasteiger charge is 2.52. The minimum absolute atomic E-state index is 0.351. The molecule has 1 rings (SSSR count). The van der Waals surface area contributed by atoms with E-state index in [2.05, 4.69) is 40.3 Å². The summed E-state index contributed by atoms with van der Waals surface area (Å²) in [5.41, 5.74) is 0.932. The molecular weight excluding hydrogens is 120 g/mol. The lowest BCUT2D eigenvalue weighted by Gasteiger charge is -2.21. The third-order valence-corrected chi connectivity index (χ3v) is 2.94. The monoisotopic (exact) mass is 138 g/mol. The lowest BCUT2D eigenvalue weighted by Crippen LogP contribution is -2.13. The van der Waals surface area contributed by atoms with Gasteiger partial charge in [0.2, 0.25) is 0 Å². The SMILES string of the molecule is C=CC(C)(C)[C@@H]1CC1(C)C. The van der Waals surface area contributed by atoms with E-state index in [1.807, 2.05) is 0 Å². The molecule has 0 amide bonds. The van der Waals surface area contributed by atoms with Crippen LogP contribution in [0.25, 0.3) is 0 Å². The molecule has 0 nitrogen and oxygen atoms in total. The molecule has 1 fully saturated rings. The Balaban J connectivity index is 2.62. The molecule has 1 atom stereocenters. The van der Waals surface area contributed by atoms with Crippen molar-refractivity contribution in [1.29, 1.82) is 0 Å². The molecule has 0 heteroatoms. The first kappa shape index (κ1) is 7.84. The summed E-state index contributed by atoms with van der Waals surface area (Å²) in [6.07, 6.45) is 3.46. The van der Waals surface area contributed by atoms with Crippen molar-refractivity contribution in [1.82, 2.24) is 0 Å². The van der Waals surface area contributed by atoms with Gasteiger partial charge in [-0.25, -0.2) is 0 Å². The second-order valence-corrected chi connectivity index (χ2v) is 4.77. The number of hydrogen-bond donors (Lipinski definition) is 0. The molecule has 0 spiro atoms.